The summed E-state index contributed by atoms with van der Waals surface area (Å²) < 4.78 is 40.8. The van der Waals surface area contributed by atoms with E-state index in [0.29, 0.717) is 16.9 Å². The summed E-state index contributed by atoms with van der Waals surface area (Å²) in [5.74, 6) is -1.06. The third-order valence-corrected chi connectivity index (χ3v) is 5.92. The van der Waals surface area contributed by atoms with Gasteiger partial charge in [0.2, 0.25) is 5.91 Å². The fourth-order valence-electron chi connectivity index (χ4n) is 2.68. The maximum absolute atomic E-state index is 13.5. The maximum Gasteiger partial charge on any atom is 0.264 e. The van der Waals surface area contributed by atoms with Gasteiger partial charge in [0.05, 0.1) is 10.6 Å². The van der Waals surface area contributed by atoms with Gasteiger partial charge in [0.25, 0.3) is 10.0 Å². The highest BCUT2D eigenvalue weighted by molar-refractivity contribution is 7.92. The number of rotatable bonds is 6. The number of carbonyl (C=O) groups excluding carboxylic acids is 1. The molecule has 0 aliphatic heterocycles. The van der Waals surface area contributed by atoms with Gasteiger partial charge in [-0.25, -0.2) is 12.8 Å². The molecule has 0 radical (unpaired) electrons. The summed E-state index contributed by atoms with van der Waals surface area (Å²) in [4.78, 5) is 12.7. The first-order valence-corrected chi connectivity index (χ1v) is 10.0. The van der Waals surface area contributed by atoms with Crippen molar-refractivity contribution < 1.29 is 17.6 Å². The van der Waals surface area contributed by atoms with Crippen LogP contribution in [0.3, 0.4) is 0 Å². The summed E-state index contributed by atoms with van der Waals surface area (Å²) in [7, 11) is -3.96. The fraction of sp³-hybridized carbons (Fsp3) is 0.0952. The predicted molar refractivity (Wildman–Crippen MR) is 107 cm³/mol. The quantitative estimate of drug-likeness (QED) is 0.683. The Bertz CT molecular complexity index is 1070. The van der Waals surface area contributed by atoms with Gasteiger partial charge >= 0.3 is 0 Å². The van der Waals surface area contributed by atoms with Crippen molar-refractivity contribution in [2.75, 3.05) is 16.2 Å². The molecule has 0 aliphatic carbocycles. The molecule has 3 aromatic rings. The molecule has 3 aromatic carbocycles. The van der Waals surface area contributed by atoms with Crippen LogP contribution in [-0.2, 0) is 14.8 Å². The maximum atomic E-state index is 13.5. The fourth-order valence-corrected chi connectivity index (χ4v) is 4.12. The Labute approximate surface area is 163 Å². The molecule has 0 aliphatic rings. The van der Waals surface area contributed by atoms with Gasteiger partial charge in [-0.3, -0.25) is 9.10 Å². The zero-order valence-corrected chi connectivity index (χ0v) is 16.0. The summed E-state index contributed by atoms with van der Waals surface area (Å²) in [5, 5.41) is 2.59. The Hall–Kier alpha value is -3.19. The lowest BCUT2D eigenvalue weighted by atomic mass is 10.2. The molecule has 0 fully saturated rings. The molecular weight excluding hydrogens is 379 g/mol. The lowest BCUT2D eigenvalue weighted by Gasteiger charge is -2.24. The summed E-state index contributed by atoms with van der Waals surface area (Å²) >= 11 is 0. The van der Waals surface area contributed by atoms with Gasteiger partial charge in [-0.2, -0.15) is 0 Å². The van der Waals surface area contributed by atoms with Crippen LogP contribution in [0.1, 0.15) is 5.56 Å². The van der Waals surface area contributed by atoms with Gasteiger partial charge < -0.3 is 5.32 Å². The van der Waals surface area contributed by atoms with Crippen LogP contribution < -0.4 is 9.62 Å². The first-order valence-electron chi connectivity index (χ1n) is 8.57. The Kier molecular flexibility index (Phi) is 5.75. The molecule has 3 rings (SSSR count). The number of carbonyl (C=O) groups is 1. The SMILES string of the molecule is Cc1ccc(F)cc1NC(=O)CN(c1ccccc1)S(=O)(=O)c1ccccc1. The second-order valence-electron chi connectivity index (χ2n) is 6.17. The molecule has 0 aromatic heterocycles. The van der Waals surface area contributed by atoms with Crippen LogP contribution >= 0.6 is 0 Å². The van der Waals surface area contributed by atoms with Crippen LogP contribution in [0.25, 0.3) is 0 Å². The Morgan fingerprint density at radius 3 is 2.21 bits per heavy atom. The molecule has 1 amide bonds. The van der Waals surface area contributed by atoms with Crippen molar-refractivity contribution in [3.05, 3.63) is 90.2 Å². The predicted octanol–water partition coefficient (Wildman–Crippen LogP) is 3.97. The van der Waals surface area contributed by atoms with Gasteiger partial charge in [-0.1, -0.05) is 42.5 Å². The molecular formula is C21H19FN2O3S. The largest absolute Gasteiger partial charge is 0.324 e. The first-order chi connectivity index (χ1) is 13.4. The van der Waals surface area contributed by atoms with Gasteiger partial charge in [0.1, 0.15) is 12.4 Å². The van der Waals surface area contributed by atoms with Crippen LogP contribution in [-0.4, -0.2) is 20.9 Å². The normalized spacial score (nSPS) is 11.1. The van der Waals surface area contributed by atoms with E-state index in [1.165, 1.54) is 24.3 Å². The number of amides is 1. The van der Waals surface area contributed by atoms with E-state index in [9.17, 15) is 17.6 Å². The number of halogens is 1. The molecule has 0 atom stereocenters. The zero-order valence-electron chi connectivity index (χ0n) is 15.2. The average molecular weight is 398 g/mol. The van der Waals surface area contributed by atoms with Crippen molar-refractivity contribution in [3.63, 3.8) is 0 Å². The molecule has 0 unspecified atom stereocenters. The number of hydrogen-bond donors (Lipinski definition) is 1. The van der Waals surface area contributed by atoms with Crippen molar-refractivity contribution in [1.29, 1.82) is 0 Å². The van der Waals surface area contributed by atoms with Crippen LogP contribution in [0.5, 0.6) is 0 Å². The van der Waals surface area contributed by atoms with Crippen molar-refractivity contribution >= 4 is 27.3 Å². The zero-order chi connectivity index (χ0) is 20.1. The smallest absolute Gasteiger partial charge is 0.264 e. The number of hydrogen-bond acceptors (Lipinski definition) is 3. The number of sulfonamides is 1. The minimum Gasteiger partial charge on any atom is -0.324 e. The van der Waals surface area contributed by atoms with E-state index in [1.807, 2.05) is 0 Å². The molecule has 0 spiro atoms. The summed E-state index contributed by atoms with van der Waals surface area (Å²) in [6, 6.07) is 20.3. The van der Waals surface area contributed by atoms with E-state index >= 15 is 0 Å². The van der Waals surface area contributed by atoms with Crippen LogP contribution in [0, 0.1) is 12.7 Å². The molecule has 5 nitrogen and oxygen atoms in total. The highest BCUT2D eigenvalue weighted by Crippen LogP contribution is 2.24. The van der Waals surface area contributed by atoms with Crippen LogP contribution in [0.2, 0.25) is 0 Å². The molecule has 0 bridgehead atoms. The van der Waals surface area contributed by atoms with Crippen molar-refractivity contribution in [2.24, 2.45) is 0 Å². The van der Waals surface area contributed by atoms with Gasteiger partial charge in [0, 0.05) is 5.69 Å². The number of para-hydroxylation sites is 1. The first kappa shape index (κ1) is 19.6. The van der Waals surface area contributed by atoms with Gasteiger partial charge in [0.15, 0.2) is 0 Å². The second-order valence-corrected chi connectivity index (χ2v) is 8.03. The molecule has 1 N–H and O–H groups in total. The van der Waals surface area contributed by atoms with E-state index in [4.69, 9.17) is 0 Å². The topological polar surface area (TPSA) is 66.5 Å². The number of anilines is 2. The van der Waals surface area contributed by atoms with Crippen molar-refractivity contribution in [1.82, 2.24) is 0 Å². The van der Waals surface area contributed by atoms with Crippen molar-refractivity contribution in [3.8, 4) is 0 Å². The van der Waals surface area contributed by atoms with E-state index in [1.54, 1.807) is 61.5 Å². The number of benzene rings is 3. The highest BCUT2D eigenvalue weighted by atomic mass is 32.2. The minimum absolute atomic E-state index is 0.0774. The number of nitrogens with zero attached hydrogens (tertiary/aromatic N) is 1. The van der Waals surface area contributed by atoms with Gasteiger partial charge in [-0.15, -0.1) is 0 Å². The average Bonchev–Trinajstić information content (AvgIpc) is 2.70. The molecule has 0 saturated carbocycles. The Morgan fingerprint density at radius 1 is 0.964 bits per heavy atom. The third kappa shape index (κ3) is 4.37. The Morgan fingerprint density at radius 2 is 1.57 bits per heavy atom. The minimum atomic E-state index is -3.96. The Balaban J connectivity index is 1.92. The lowest BCUT2D eigenvalue weighted by molar-refractivity contribution is -0.114. The van der Waals surface area contributed by atoms with E-state index in [-0.39, 0.29) is 4.90 Å². The van der Waals surface area contributed by atoms with Crippen molar-refractivity contribution in [2.45, 2.75) is 11.8 Å². The lowest BCUT2D eigenvalue weighted by Crippen LogP contribution is -2.38. The molecule has 0 heterocycles. The molecule has 144 valence electrons. The molecule has 7 heteroatoms. The van der Waals surface area contributed by atoms with E-state index in [0.717, 1.165) is 4.31 Å². The van der Waals surface area contributed by atoms with E-state index < -0.39 is 28.3 Å². The third-order valence-electron chi connectivity index (χ3n) is 4.14. The van der Waals surface area contributed by atoms with Gasteiger partial charge in [-0.05, 0) is 48.9 Å². The molecule has 0 saturated heterocycles. The highest BCUT2D eigenvalue weighted by Gasteiger charge is 2.27. The number of aryl methyl sites for hydroxylation is 1. The standard InChI is InChI=1S/C21H19FN2O3S/c1-16-12-13-17(22)14-20(16)23-21(25)15-24(18-8-4-2-5-9-18)28(26,27)19-10-6-3-7-11-19/h2-14H,15H2,1H3,(H,23,25). The second kappa shape index (κ2) is 8.22. The summed E-state index contributed by atoms with van der Waals surface area (Å²) in [5.41, 5.74) is 1.33. The van der Waals surface area contributed by atoms with Crippen LogP contribution in [0.15, 0.2) is 83.8 Å². The number of nitrogens with one attached hydrogen (secondary N) is 1. The summed E-state index contributed by atoms with van der Waals surface area (Å²) in [6.07, 6.45) is 0. The summed E-state index contributed by atoms with van der Waals surface area (Å²) in [6.45, 7) is 1.28. The molecule has 28 heavy (non-hydrogen) atoms. The monoisotopic (exact) mass is 398 g/mol. The van der Waals surface area contributed by atoms with E-state index in [2.05, 4.69) is 5.32 Å². The van der Waals surface area contributed by atoms with Crippen LogP contribution in [0.4, 0.5) is 15.8 Å².